The monoisotopic (exact) mass is 309 g/mol. The van der Waals surface area contributed by atoms with E-state index in [9.17, 15) is 10.1 Å². The van der Waals surface area contributed by atoms with Crippen LogP contribution in [0.4, 0.5) is 5.69 Å². The van der Waals surface area contributed by atoms with Crippen LogP contribution in [0, 0.1) is 10.1 Å². The fourth-order valence-electron chi connectivity index (χ4n) is 1.83. The van der Waals surface area contributed by atoms with Gasteiger partial charge in [0.1, 0.15) is 11.9 Å². The number of hydrogen-bond donors (Lipinski definition) is 0. The van der Waals surface area contributed by atoms with Gasteiger partial charge in [-0.2, -0.15) is 0 Å². The molecule has 1 aromatic carbocycles. The van der Waals surface area contributed by atoms with Crippen molar-refractivity contribution in [3.8, 4) is 11.5 Å². The largest absolute Gasteiger partial charge is 0.454 e. The highest BCUT2D eigenvalue weighted by atomic mass is 35.5. The molecule has 0 aliphatic rings. The summed E-state index contributed by atoms with van der Waals surface area (Å²) in [7, 11) is 0. The smallest absolute Gasteiger partial charge is 0.335 e. The van der Waals surface area contributed by atoms with Gasteiger partial charge in [0.15, 0.2) is 11.5 Å². The molecule has 0 bridgehead atoms. The Morgan fingerprint density at radius 1 is 1.20 bits per heavy atom. The summed E-state index contributed by atoms with van der Waals surface area (Å²) in [5.74, 6) is 0.235. The lowest BCUT2D eigenvalue weighted by molar-refractivity contribution is -0.384. The van der Waals surface area contributed by atoms with Gasteiger partial charge in [0.25, 0.3) is 0 Å². The summed E-state index contributed by atoms with van der Waals surface area (Å²) in [6, 6.07) is 6.65. The molecule has 0 atom stereocenters. The van der Waals surface area contributed by atoms with Gasteiger partial charge in [-0.3, -0.25) is 10.1 Å². The minimum atomic E-state index is -0.641. The van der Waals surface area contributed by atoms with Crippen LogP contribution in [-0.2, 0) is 0 Å². The molecule has 8 heteroatoms. The van der Waals surface area contributed by atoms with Crippen LogP contribution in [-0.4, -0.2) is 14.9 Å². The van der Waals surface area contributed by atoms with Crippen molar-refractivity contribution in [2.45, 2.75) is 0 Å². The first-order chi connectivity index (χ1) is 9.56. The molecular weight excluding hydrogens is 305 g/mol. The molecule has 0 aliphatic heterocycles. The first-order valence-corrected chi connectivity index (χ1v) is 6.16. The molecule has 3 aromatic rings. The number of nitro groups is 1. The number of aromatic nitrogens is 2. The summed E-state index contributed by atoms with van der Waals surface area (Å²) in [6.07, 6.45) is 1.14. The SMILES string of the molecule is O=[N+]([O-])c1c(Cl)ncnc1-c1cc2cc(Cl)ccc2o1. The van der Waals surface area contributed by atoms with E-state index < -0.39 is 4.92 Å². The zero-order chi connectivity index (χ0) is 14.3. The first kappa shape index (κ1) is 12.8. The lowest BCUT2D eigenvalue weighted by Gasteiger charge is -1.98. The van der Waals surface area contributed by atoms with Crippen LogP contribution < -0.4 is 0 Å². The molecule has 0 unspecified atom stereocenters. The van der Waals surface area contributed by atoms with Gasteiger partial charge >= 0.3 is 5.69 Å². The Morgan fingerprint density at radius 2 is 2.00 bits per heavy atom. The van der Waals surface area contributed by atoms with E-state index in [1.807, 2.05) is 0 Å². The van der Waals surface area contributed by atoms with E-state index in [4.69, 9.17) is 27.6 Å². The Kier molecular flexibility index (Phi) is 3.04. The van der Waals surface area contributed by atoms with Crippen LogP contribution in [0.2, 0.25) is 10.2 Å². The molecule has 0 radical (unpaired) electrons. The van der Waals surface area contributed by atoms with E-state index in [1.54, 1.807) is 24.3 Å². The van der Waals surface area contributed by atoms with Crippen molar-refractivity contribution in [2.75, 3.05) is 0 Å². The number of nitrogens with zero attached hydrogens (tertiary/aromatic N) is 3. The van der Waals surface area contributed by atoms with Crippen molar-refractivity contribution in [1.29, 1.82) is 0 Å². The third-order valence-corrected chi connectivity index (χ3v) is 3.18. The molecule has 20 heavy (non-hydrogen) atoms. The summed E-state index contributed by atoms with van der Waals surface area (Å²) >= 11 is 11.6. The van der Waals surface area contributed by atoms with Crippen LogP contribution in [0.3, 0.4) is 0 Å². The van der Waals surface area contributed by atoms with Gasteiger partial charge < -0.3 is 4.42 Å². The van der Waals surface area contributed by atoms with Gasteiger partial charge in [0.2, 0.25) is 5.15 Å². The van der Waals surface area contributed by atoms with Crippen LogP contribution >= 0.6 is 23.2 Å². The van der Waals surface area contributed by atoms with E-state index in [0.717, 1.165) is 11.7 Å². The predicted molar refractivity (Wildman–Crippen MR) is 73.9 cm³/mol. The highest BCUT2D eigenvalue weighted by Gasteiger charge is 2.25. The molecule has 0 spiro atoms. The minimum absolute atomic E-state index is 0.0299. The maximum absolute atomic E-state index is 11.1. The van der Waals surface area contributed by atoms with Gasteiger partial charge in [0.05, 0.1) is 4.92 Å². The van der Waals surface area contributed by atoms with E-state index in [2.05, 4.69) is 9.97 Å². The molecule has 0 aliphatic carbocycles. The Balaban J connectivity index is 2.25. The third kappa shape index (κ3) is 2.09. The van der Waals surface area contributed by atoms with Crippen LogP contribution in [0.25, 0.3) is 22.4 Å². The number of fused-ring (bicyclic) bond motifs is 1. The molecule has 0 fully saturated rings. The molecular formula is C12H5Cl2N3O3. The number of furan rings is 1. The molecule has 2 heterocycles. The second kappa shape index (κ2) is 4.73. The van der Waals surface area contributed by atoms with Gasteiger partial charge in [-0.05, 0) is 24.3 Å². The Morgan fingerprint density at radius 3 is 2.75 bits per heavy atom. The van der Waals surface area contributed by atoms with Gasteiger partial charge in [-0.1, -0.05) is 23.2 Å². The average Bonchev–Trinajstić information content (AvgIpc) is 2.80. The quantitative estimate of drug-likeness (QED) is 0.404. The Hall–Kier alpha value is -2.18. The lowest BCUT2D eigenvalue weighted by atomic mass is 10.2. The first-order valence-electron chi connectivity index (χ1n) is 5.40. The van der Waals surface area contributed by atoms with Crippen LogP contribution in [0.5, 0.6) is 0 Å². The van der Waals surface area contributed by atoms with Crippen LogP contribution in [0.1, 0.15) is 0 Å². The zero-order valence-electron chi connectivity index (χ0n) is 9.71. The minimum Gasteiger partial charge on any atom is -0.454 e. The highest BCUT2D eigenvalue weighted by molar-refractivity contribution is 6.32. The van der Waals surface area contributed by atoms with E-state index in [-0.39, 0.29) is 22.3 Å². The molecule has 0 N–H and O–H groups in total. The van der Waals surface area contributed by atoms with Crippen molar-refractivity contribution in [1.82, 2.24) is 9.97 Å². The fraction of sp³-hybridized carbons (Fsp3) is 0. The van der Waals surface area contributed by atoms with Crippen molar-refractivity contribution < 1.29 is 9.34 Å². The van der Waals surface area contributed by atoms with E-state index in [0.29, 0.717) is 10.6 Å². The second-order valence-corrected chi connectivity index (χ2v) is 4.71. The lowest BCUT2D eigenvalue weighted by Crippen LogP contribution is -1.96. The maximum atomic E-state index is 11.1. The fourth-order valence-corrected chi connectivity index (χ4v) is 2.21. The zero-order valence-corrected chi connectivity index (χ0v) is 11.2. The summed E-state index contributed by atoms with van der Waals surface area (Å²) in [6.45, 7) is 0. The number of halogens is 2. The number of benzene rings is 1. The van der Waals surface area contributed by atoms with Gasteiger partial charge in [0, 0.05) is 10.4 Å². The van der Waals surface area contributed by atoms with Gasteiger partial charge in [-0.25, -0.2) is 9.97 Å². The van der Waals surface area contributed by atoms with Gasteiger partial charge in [-0.15, -0.1) is 0 Å². The summed E-state index contributed by atoms with van der Waals surface area (Å²) in [5.41, 5.74) is 0.190. The molecule has 6 nitrogen and oxygen atoms in total. The Labute approximate surface area is 122 Å². The normalized spacial score (nSPS) is 10.9. The van der Waals surface area contributed by atoms with Crippen molar-refractivity contribution in [3.63, 3.8) is 0 Å². The van der Waals surface area contributed by atoms with E-state index >= 15 is 0 Å². The predicted octanol–water partition coefficient (Wildman–Crippen LogP) is 4.10. The second-order valence-electron chi connectivity index (χ2n) is 3.91. The molecule has 100 valence electrons. The summed E-state index contributed by atoms with van der Waals surface area (Å²) in [5, 5.41) is 12.1. The summed E-state index contributed by atoms with van der Waals surface area (Å²) < 4.78 is 5.54. The molecule has 0 saturated carbocycles. The van der Waals surface area contributed by atoms with Crippen molar-refractivity contribution >= 4 is 39.9 Å². The molecule has 2 aromatic heterocycles. The topological polar surface area (TPSA) is 82.1 Å². The molecule has 0 amide bonds. The van der Waals surface area contributed by atoms with Crippen molar-refractivity contribution in [2.24, 2.45) is 0 Å². The molecule has 0 saturated heterocycles. The molecule has 3 rings (SSSR count). The maximum Gasteiger partial charge on any atom is 0.335 e. The van der Waals surface area contributed by atoms with Crippen LogP contribution in [0.15, 0.2) is 35.0 Å². The number of hydrogen-bond acceptors (Lipinski definition) is 5. The Bertz CT molecular complexity index is 832. The van der Waals surface area contributed by atoms with Crippen molar-refractivity contribution in [3.05, 3.63) is 50.9 Å². The average molecular weight is 310 g/mol. The van der Waals surface area contributed by atoms with E-state index in [1.165, 1.54) is 0 Å². The summed E-state index contributed by atoms with van der Waals surface area (Å²) in [4.78, 5) is 17.9. The number of rotatable bonds is 2. The highest BCUT2D eigenvalue weighted by Crippen LogP contribution is 2.35. The third-order valence-electron chi connectivity index (χ3n) is 2.67. The standard InChI is InChI=1S/C12H5Cl2N3O3/c13-7-1-2-8-6(3-7)4-9(20-8)10-11(17(18)19)12(14)16-5-15-10/h1-5H.